The molecule has 0 radical (unpaired) electrons. The summed E-state index contributed by atoms with van der Waals surface area (Å²) in [4.78, 5) is 23.5. The van der Waals surface area contributed by atoms with E-state index in [1.165, 1.54) is 0 Å². The molecule has 0 spiro atoms. The minimum Gasteiger partial charge on any atom is -0.463 e. The molecule has 5 nitrogen and oxygen atoms in total. The number of benzene rings is 1. The Labute approximate surface area is 141 Å². The Hall–Kier alpha value is -1.59. The molecular formula is C17H22ClNO4. The van der Waals surface area contributed by atoms with Crippen molar-refractivity contribution in [1.82, 2.24) is 5.32 Å². The molecule has 0 bridgehead atoms. The summed E-state index contributed by atoms with van der Waals surface area (Å²) >= 11 is 5.77. The Balaban J connectivity index is 1.56. The molecule has 1 aliphatic heterocycles. The van der Waals surface area contributed by atoms with Gasteiger partial charge in [0.1, 0.15) is 6.61 Å². The Morgan fingerprint density at radius 1 is 1.26 bits per heavy atom. The third-order valence-electron chi connectivity index (χ3n) is 3.65. The predicted octanol–water partition coefficient (Wildman–Crippen LogP) is 2.96. The fourth-order valence-electron chi connectivity index (χ4n) is 2.33. The van der Waals surface area contributed by atoms with Crippen molar-refractivity contribution in [2.75, 3.05) is 19.8 Å². The van der Waals surface area contributed by atoms with Crippen LogP contribution in [0.25, 0.3) is 0 Å². The number of nitrogens with one attached hydrogen (secondary N) is 1. The van der Waals surface area contributed by atoms with Crippen LogP contribution in [0.4, 0.5) is 0 Å². The normalized spacial score (nSPS) is 17.5. The van der Waals surface area contributed by atoms with Gasteiger partial charge in [-0.1, -0.05) is 11.6 Å². The quantitative estimate of drug-likeness (QED) is 0.612. The molecule has 1 N–H and O–H groups in total. The fourth-order valence-corrected chi connectivity index (χ4v) is 2.46. The van der Waals surface area contributed by atoms with Gasteiger partial charge >= 0.3 is 5.97 Å². The van der Waals surface area contributed by atoms with Crippen LogP contribution in [-0.2, 0) is 14.3 Å². The lowest BCUT2D eigenvalue weighted by Gasteiger charge is -2.22. The largest absolute Gasteiger partial charge is 0.463 e. The van der Waals surface area contributed by atoms with Gasteiger partial charge < -0.3 is 14.8 Å². The van der Waals surface area contributed by atoms with Crippen LogP contribution in [0.15, 0.2) is 24.3 Å². The van der Waals surface area contributed by atoms with Gasteiger partial charge in [-0.3, -0.25) is 9.59 Å². The highest BCUT2D eigenvalue weighted by atomic mass is 35.5. The molecule has 23 heavy (non-hydrogen) atoms. The lowest BCUT2D eigenvalue weighted by molar-refractivity contribution is -0.149. The number of carbonyl (C=O) groups is 2. The lowest BCUT2D eigenvalue weighted by Crippen LogP contribution is -2.27. The molecule has 1 amide bonds. The first-order chi connectivity index (χ1) is 11.1. The van der Waals surface area contributed by atoms with E-state index in [9.17, 15) is 9.59 Å². The summed E-state index contributed by atoms with van der Waals surface area (Å²) in [6, 6.07) is 6.66. The monoisotopic (exact) mass is 339 g/mol. The molecule has 126 valence electrons. The van der Waals surface area contributed by atoms with Crippen LogP contribution in [0, 0.1) is 0 Å². The van der Waals surface area contributed by atoms with E-state index in [-0.39, 0.29) is 24.4 Å². The van der Waals surface area contributed by atoms with Crippen molar-refractivity contribution in [3.8, 4) is 0 Å². The molecule has 6 heteroatoms. The SMILES string of the molecule is O=C(CCCNC(=O)c1ccc(Cl)cc1)OCC1CCCCO1. The van der Waals surface area contributed by atoms with Crippen molar-refractivity contribution < 1.29 is 19.1 Å². The molecular weight excluding hydrogens is 318 g/mol. The zero-order chi connectivity index (χ0) is 16.5. The Bertz CT molecular complexity index is 512. The zero-order valence-corrected chi connectivity index (χ0v) is 13.8. The van der Waals surface area contributed by atoms with E-state index in [2.05, 4.69) is 5.32 Å². The molecule has 0 saturated carbocycles. The maximum Gasteiger partial charge on any atom is 0.305 e. The average Bonchev–Trinajstić information content (AvgIpc) is 2.58. The average molecular weight is 340 g/mol. The van der Waals surface area contributed by atoms with Crippen molar-refractivity contribution in [2.45, 2.75) is 38.2 Å². The van der Waals surface area contributed by atoms with Gasteiger partial charge in [0, 0.05) is 30.2 Å². The molecule has 1 aromatic rings. The van der Waals surface area contributed by atoms with E-state index in [0.29, 0.717) is 30.2 Å². The predicted molar refractivity (Wildman–Crippen MR) is 87.6 cm³/mol. The molecule has 1 unspecified atom stereocenters. The number of esters is 1. The zero-order valence-electron chi connectivity index (χ0n) is 13.1. The highest BCUT2D eigenvalue weighted by Gasteiger charge is 2.15. The Kier molecular flexibility index (Phi) is 7.36. The number of rotatable bonds is 7. The van der Waals surface area contributed by atoms with E-state index < -0.39 is 0 Å². The summed E-state index contributed by atoms with van der Waals surface area (Å²) in [5.41, 5.74) is 0.548. The van der Waals surface area contributed by atoms with Crippen LogP contribution < -0.4 is 5.32 Å². The van der Waals surface area contributed by atoms with Gasteiger partial charge in [0.05, 0.1) is 6.10 Å². The molecule has 0 aromatic heterocycles. The third kappa shape index (κ3) is 6.59. The number of hydrogen-bond acceptors (Lipinski definition) is 4. The summed E-state index contributed by atoms with van der Waals surface area (Å²) in [5, 5.41) is 3.35. The van der Waals surface area contributed by atoms with E-state index >= 15 is 0 Å². The van der Waals surface area contributed by atoms with Crippen LogP contribution in [0.5, 0.6) is 0 Å². The summed E-state index contributed by atoms with van der Waals surface area (Å²) in [6.45, 7) is 1.51. The summed E-state index contributed by atoms with van der Waals surface area (Å²) in [5.74, 6) is -0.425. The number of carbonyl (C=O) groups excluding carboxylic acids is 2. The topological polar surface area (TPSA) is 64.6 Å². The van der Waals surface area contributed by atoms with Crippen LogP contribution in [0.1, 0.15) is 42.5 Å². The molecule has 0 aliphatic carbocycles. The number of amides is 1. The second-order valence-electron chi connectivity index (χ2n) is 5.54. The first kappa shape index (κ1) is 17.8. The van der Waals surface area contributed by atoms with Crippen molar-refractivity contribution in [1.29, 1.82) is 0 Å². The Morgan fingerprint density at radius 2 is 2.04 bits per heavy atom. The minimum absolute atomic E-state index is 0.0392. The second kappa shape index (κ2) is 9.53. The highest BCUT2D eigenvalue weighted by molar-refractivity contribution is 6.30. The van der Waals surface area contributed by atoms with Crippen molar-refractivity contribution >= 4 is 23.5 Å². The van der Waals surface area contributed by atoms with Gasteiger partial charge in [0.15, 0.2) is 0 Å². The molecule has 1 atom stereocenters. The van der Waals surface area contributed by atoms with Gasteiger partial charge in [-0.25, -0.2) is 0 Å². The standard InChI is InChI=1S/C17H22ClNO4/c18-14-8-6-13(7-9-14)17(21)19-10-3-5-16(20)23-12-15-4-1-2-11-22-15/h6-9,15H,1-5,10-12H2,(H,19,21). The summed E-state index contributed by atoms with van der Waals surface area (Å²) < 4.78 is 10.7. The summed E-state index contributed by atoms with van der Waals surface area (Å²) in [7, 11) is 0. The van der Waals surface area contributed by atoms with Crippen molar-refractivity contribution in [3.05, 3.63) is 34.9 Å². The molecule has 1 saturated heterocycles. The minimum atomic E-state index is -0.250. The smallest absolute Gasteiger partial charge is 0.305 e. The van der Waals surface area contributed by atoms with Gasteiger partial charge in [0.25, 0.3) is 5.91 Å². The first-order valence-corrected chi connectivity index (χ1v) is 8.34. The van der Waals surface area contributed by atoms with Gasteiger partial charge in [0.2, 0.25) is 0 Å². The number of hydrogen-bond donors (Lipinski definition) is 1. The highest BCUT2D eigenvalue weighted by Crippen LogP contribution is 2.13. The van der Waals surface area contributed by atoms with Gasteiger partial charge in [-0.05, 0) is 49.9 Å². The molecule has 1 aromatic carbocycles. The maximum absolute atomic E-state index is 11.8. The molecule has 1 fully saturated rings. The van der Waals surface area contributed by atoms with Gasteiger partial charge in [-0.15, -0.1) is 0 Å². The van der Waals surface area contributed by atoms with E-state index in [0.717, 1.165) is 25.9 Å². The van der Waals surface area contributed by atoms with E-state index in [1.807, 2.05) is 0 Å². The van der Waals surface area contributed by atoms with Crippen LogP contribution >= 0.6 is 11.6 Å². The van der Waals surface area contributed by atoms with Gasteiger partial charge in [-0.2, -0.15) is 0 Å². The second-order valence-corrected chi connectivity index (χ2v) is 5.97. The molecule has 1 aliphatic rings. The Morgan fingerprint density at radius 3 is 2.74 bits per heavy atom. The summed E-state index contributed by atoms with van der Waals surface area (Å²) in [6.07, 6.45) is 4.02. The van der Waals surface area contributed by atoms with E-state index in [1.54, 1.807) is 24.3 Å². The van der Waals surface area contributed by atoms with Crippen molar-refractivity contribution in [3.63, 3.8) is 0 Å². The van der Waals surface area contributed by atoms with Crippen molar-refractivity contribution in [2.24, 2.45) is 0 Å². The van der Waals surface area contributed by atoms with Crippen LogP contribution in [0.3, 0.4) is 0 Å². The van der Waals surface area contributed by atoms with E-state index in [4.69, 9.17) is 21.1 Å². The fraction of sp³-hybridized carbons (Fsp3) is 0.529. The number of ether oxygens (including phenoxy) is 2. The lowest BCUT2D eigenvalue weighted by atomic mass is 10.1. The van der Waals surface area contributed by atoms with Crippen LogP contribution in [-0.4, -0.2) is 37.7 Å². The number of halogens is 1. The molecule has 1 heterocycles. The first-order valence-electron chi connectivity index (χ1n) is 7.96. The maximum atomic E-state index is 11.8. The third-order valence-corrected chi connectivity index (χ3v) is 3.91. The molecule has 2 rings (SSSR count). The van der Waals surface area contributed by atoms with Crippen LogP contribution in [0.2, 0.25) is 5.02 Å².